The summed E-state index contributed by atoms with van der Waals surface area (Å²) in [5.74, 6) is 1.11. The van der Waals surface area contributed by atoms with Crippen LogP contribution in [0.3, 0.4) is 0 Å². The van der Waals surface area contributed by atoms with E-state index in [0.717, 1.165) is 31.0 Å². The third kappa shape index (κ3) is 3.18. The molecular weight excluding hydrogens is 236 g/mol. The molecule has 2 aliphatic rings. The Labute approximate surface area is 115 Å². The summed E-state index contributed by atoms with van der Waals surface area (Å²) < 4.78 is 0. The Bertz CT molecular complexity index is 397. The number of anilines is 2. The highest BCUT2D eigenvalue weighted by molar-refractivity contribution is 5.49. The van der Waals surface area contributed by atoms with Crippen molar-refractivity contribution in [1.29, 1.82) is 0 Å². The van der Waals surface area contributed by atoms with Gasteiger partial charge in [-0.2, -0.15) is 0 Å². The molecule has 0 aromatic carbocycles. The summed E-state index contributed by atoms with van der Waals surface area (Å²) in [5.41, 5.74) is 7.15. The van der Waals surface area contributed by atoms with Crippen LogP contribution in [0.15, 0.2) is 18.3 Å². The SMILES string of the molecule is NC1CCCC(Nc2ccc(N3CCCC3)nc2)C1. The Morgan fingerprint density at radius 2 is 2.00 bits per heavy atom. The Morgan fingerprint density at radius 1 is 1.16 bits per heavy atom. The smallest absolute Gasteiger partial charge is 0.128 e. The van der Waals surface area contributed by atoms with Crippen molar-refractivity contribution >= 4 is 11.5 Å². The number of hydrogen-bond donors (Lipinski definition) is 2. The van der Waals surface area contributed by atoms with Crippen LogP contribution in [0.25, 0.3) is 0 Å². The van der Waals surface area contributed by atoms with Gasteiger partial charge in [-0.3, -0.25) is 0 Å². The van der Waals surface area contributed by atoms with Crippen molar-refractivity contribution in [2.24, 2.45) is 5.73 Å². The van der Waals surface area contributed by atoms with Gasteiger partial charge < -0.3 is 16.0 Å². The second-order valence-electron chi connectivity index (χ2n) is 5.87. The average molecular weight is 260 g/mol. The van der Waals surface area contributed by atoms with Crippen molar-refractivity contribution in [2.75, 3.05) is 23.3 Å². The van der Waals surface area contributed by atoms with E-state index in [4.69, 9.17) is 5.73 Å². The molecule has 3 rings (SSSR count). The van der Waals surface area contributed by atoms with Crippen molar-refractivity contribution < 1.29 is 0 Å². The van der Waals surface area contributed by atoms with Gasteiger partial charge >= 0.3 is 0 Å². The third-order valence-electron chi connectivity index (χ3n) is 4.26. The predicted molar refractivity (Wildman–Crippen MR) is 79.5 cm³/mol. The molecule has 1 aromatic heterocycles. The zero-order valence-electron chi connectivity index (χ0n) is 11.5. The van der Waals surface area contributed by atoms with Gasteiger partial charge in [0.2, 0.25) is 0 Å². The molecule has 2 fully saturated rings. The molecule has 4 heteroatoms. The van der Waals surface area contributed by atoms with E-state index in [1.807, 2.05) is 6.20 Å². The van der Waals surface area contributed by atoms with Crippen LogP contribution >= 0.6 is 0 Å². The van der Waals surface area contributed by atoms with Gasteiger partial charge in [0.1, 0.15) is 5.82 Å². The number of nitrogens with two attached hydrogens (primary N) is 1. The van der Waals surface area contributed by atoms with Gasteiger partial charge in [-0.25, -0.2) is 4.98 Å². The lowest BCUT2D eigenvalue weighted by molar-refractivity contribution is 0.409. The van der Waals surface area contributed by atoms with Gasteiger partial charge in [0.05, 0.1) is 11.9 Å². The number of rotatable bonds is 3. The zero-order valence-corrected chi connectivity index (χ0v) is 11.5. The van der Waals surface area contributed by atoms with Crippen LogP contribution in [0.1, 0.15) is 38.5 Å². The Morgan fingerprint density at radius 3 is 2.68 bits per heavy atom. The first-order valence-corrected chi connectivity index (χ1v) is 7.54. The fourth-order valence-electron chi connectivity index (χ4n) is 3.20. The molecule has 1 aromatic rings. The van der Waals surface area contributed by atoms with E-state index in [0.29, 0.717) is 12.1 Å². The highest BCUT2D eigenvalue weighted by atomic mass is 15.2. The van der Waals surface area contributed by atoms with Crippen molar-refractivity contribution in [3.8, 4) is 0 Å². The maximum absolute atomic E-state index is 6.02. The molecule has 1 aliphatic carbocycles. The van der Waals surface area contributed by atoms with Gasteiger partial charge in [-0.05, 0) is 50.7 Å². The quantitative estimate of drug-likeness (QED) is 0.876. The minimum absolute atomic E-state index is 0.364. The van der Waals surface area contributed by atoms with E-state index in [1.54, 1.807) is 0 Å². The third-order valence-corrected chi connectivity index (χ3v) is 4.26. The normalized spacial score (nSPS) is 27.5. The standard InChI is InChI=1S/C15H24N4/c16-12-4-3-5-13(10-12)18-14-6-7-15(17-11-14)19-8-1-2-9-19/h6-7,11-13,18H,1-5,8-10,16H2. The highest BCUT2D eigenvalue weighted by Gasteiger charge is 2.19. The summed E-state index contributed by atoms with van der Waals surface area (Å²) in [6.45, 7) is 2.30. The molecule has 0 bridgehead atoms. The fraction of sp³-hybridized carbons (Fsp3) is 0.667. The Kier molecular flexibility index (Phi) is 3.87. The van der Waals surface area contributed by atoms with E-state index in [-0.39, 0.29) is 0 Å². The molecule has 4 nitrogen and oxygen atoms in total. The number of nitrogens with one attached hydrogen (secondary N) is 1. The van der Waals surface area contributed by atoms with Crippen LogP contribution in [0.5, 0.6) is 0 Å². The predicted octanol–water partition coefficient (Wildman–Crippen LogP) is 2.36. The Hall–Kier alpha value is -1.29. The van der Waals surface area contributed by atoms with E-state index < -0.39 is 0 Å². The molecule has 2 heterocycles. The molecule has 104 valence electrons. The van der Waals surface area contributed by atoms with Gasteiger partial charge in [0.15, 0.2) is 0 Å². The summed E-state index contributed by atoms with van der Waals surface area (Å²) >= 11 is 0. The molecule has 0 spiro atoms. The molecule has 1 aliphatic heterocycles. The lowest BCUT2D eigenvalue weighted by Crippen LogP contribution is -2.34. The van der Waals surface area contributed by atoms with E-state index >= 15 is 0 Å². The molecule has 19 heavy (non-hydrogen) atoms. The number of hydrogen-bond acceptors (Lipinski definition) is 4. The lowest BCUT2D eigenvalue weighted by Gasteiger charge is -2.28. The summed E-state index contributed by atoms with van der Waals surface area (Å²) in [6.07, 6.45) is 9.26. The van der Waals surface area contributed by atoms with Crippen LogP contribution in [-0.4, -0.2) is 30.2 Å². The minimum Gasteiger partial charge on any atom is -0.381 e. The van der Waals surface area contributed by atoms with Crippen LogP contribution in [0, 0.1) is 0 Å². The first-order chi connectivity index (χ1) is 9.31. The molecule has 0 amide bonds. The minimum atomic E-state index is 0.364. The summed E-state index contributed by atoms with van der Waals surface area (Å²) in [6, 6.07) is 5.17. The van der Waals surface area contributed by atoms with Crippen LogP contribution in [-0.2, 0) is 0 Å². The molecule has 1 saturated carbocycles. The average Bonchev–Trinajstić information content (AvgIpc) is 2.94. The molecule has 3 N–H and O–H groups in total. The van der Waals surface area contributed by atoms with E-state index in [9.17, 15) is 0 Å². The summed E-state index contributed by atoms with van der Waals surface area (Å²) in [7, 11) is 0. The first-order valence-electron chi connectivity index (χ1n) is 7.54. The first kappa shape index (κ1) is 12.7. The molecule has 2 atom stereocenters. The second kappa shape index (κ2) is 5.78. The van der Waals surface area contributed by atoms with Crippen molar-refractivity contribution in [3.63, 3.8) is 0 Å². The van der Waals surface area contributed by atoms with Crippen molar-refractivity contribution in [2.45, 2.75) is 50.6 Å². The van der Waals surface area contributed by atoms with Gasteiger partial charge in [0.25, 0.3) is 0 Å². The number of nitrogens with zero attached hydrogens (tertiary/aromatic N) is 2. The monoisotopic (exact) mass is 260 g/mol. The summed E-state index contributed by atoms with van der Waals surface area (Å²) in [4.78, 5) is 6.94. The molecule has 0 radical (unpaired) electrons. The van der Waals surface area contributed by atoms with Crippen LogP contribution in [0.2, 0.25) is 0 Å². The van der Waals surface area contributed by atoms with Gasteiger partial charge in [0, 0.05) is 25.2 Å². The number of pyridine rings is 1. The lowest BCUT2D eigenvalue weighted by atomic mass is 9.91. The fourth-order valence-corrected chi connectivity index (χ4v) is 3.20. The topological polar surface area (TPSA) is 54.2 Å². The maximum atomic E-state index is 6.02. The number of aromatic nitrogens is 1. The van der Waals surface area contributed by atoms with E-state index in [2.05, 4.69) is 27.3 Å². The second-order valence-corrected chi connectivity index (χ2v) is 5.87. The van der Waals surface area contributed by atoms with E-state index in [1.165, 1.54) is 32.1 Å². The van der Waals surface area contributed by atoms with Gasteiger partial charge in [-0.1, -0.05) is 0 Å². The largest absolute Gasteiger partial charge is 0.381 e. The Balaban J connectivity index is 1.59. The molecule has 2 unspecified atom stereocenters. The van der Waals surface area contributed by atoms with Crippen LogP contribution in [0.4, 0.5) is 11.5 Å². The van der Waals surface area contributed by atoms with Crippen molar-refractivity contribution in [3.05, 3.63) is 18.3 Å². The molecule has 1 saturated heterocycles. The van der Waals surface area contributed by atoms with Crippen LogP contribution < -0.4 is 16.0 Å². The van der Waals surface area contributed by atoms with Crippen molar-refractivity contribution in [1.82, 2.24) is 4.98 Å². The zero-order chi connectivity index (χ0) is 13.1. The van der Waals surface area contributed by atoms with Gasteiger partial charge in [-0.15, -0.1) is 0 Å². The highest BCUT2D eigenvalue weighted by Crippen LogP contribution is 2.23. The molecular formula is C15H24N4. The summed E-state index contributed by atoms with van der Waals surface area (Å²) in [5, 5.41) is 3.57. The maximum Gasteiger partial charge on any atom is 0.128 e.